The van der Waals surface area contributed by atoms with Crippen LogP contribution in [0.25, 0.3) is 0 Å². The molecule has 14 heavy (non-hydrogen) atoms. The van der Waals surface area contributed by atoms with Crippen LogP contribution in [0, 0.1) is 25.0 Å². The Kier molecular flexibility index (Phi) is 3.38. The van der Waals surface area contributed by atoms with Crippen molar-refractivity contribution in [1.82, 2.24) is 0 Å². The normalized spacial score (nSPS) is 9.50. The molecule has 0 heterocycles. The van der Waals surface area contributed by atoms with Gasteiger partial charge in [-0.2, -0.15) is 5.26 Å². The number of hydrogen-bond acceptors (Lipinski definition) is 4. The summed E-state index contributed by atoms with van der Waals surface area (Å²) in [6.07, 6.45) is 0. The molecule has 6 heteroatoms. The molecule has 5 nitrogen and oxygen atoms in total. The van der Waals surface area contributed by atoms with E-state index in [1.807, 2.05) is 6.07 Å². The lowest BCUT2D eigenvalue weighted by Crippen LogP contribution is -1.99. The van der Waals surface area contributed by atoms with Gasteiger partial charge in [-0.3, -0.25) is 10.1 Å². The molecule has 0 radical (unpaired) electrons. The van der Waals surface area contributed by atoms with Crippen LogP contribution in [0.3, 0.4) is 0 Å². The Hall–Kier alpha value is -1.20. The van der Waals surface area contributed by atoms with Crippen molar-refractivity contribution in [2.24, 2.45) is 0 Å². The minimum absolute atomic E-state index is 0.0892. The first-order valence-electron chi connectivity index (χ1n) is 3.58. The molecule has 0 fully saturated rings. The van der Waals surface area contributed by atoms with Gasteiger partial charge in [-0.15, -0.1) is 0 Å². The summed E-state index contributed by atoms with van der Waals surface area (Å²) in [5.41, 5.74) is 0.485. The Bertz CT molecular complexity index is 425. The van der Waals surface area contributed by atoms with Gasteiger partial charge in [0, 0.05) is 11.6 Å². The highest BCUT2D eigenvalue weighted by Crippen LogP contribution is 2.26. The van der Waals surface area contributed by atoms with Gasteiger partial charge in [0.1, 0.15) is 0 Å². The molecule has 0 unspecified atom stereocenters. The molecule has 1 rings (SSSR count). The van der Waals surface area contributed by atoms with Gasteiger partial charge in [-0.05, 0) is 28.7 Å². The maximum absolute atomic E-state index is 10.5. The summed E-state index contributed by atoms with van der Waals surface area (Å²) in [6.45, 7) is -0.372. The highest BCUT2D eigenvalue weighted by molar-refractivity contribution is 14.1. The van der Waals surface area contributed by atoms with Crippen molar-refractivity contribution in [1.29, 1.82) is 5.26 Å². The molecule has 0 saturated heterocycles. The Morgan fingerprint density at radius 1 is 1.64 bits per heavy atom. The number of nitriles is 1. The zero-order chi connectivity index (χ0) is 10.7. The molecule has 0 spiro atoms. The number of aliphatic hydroxyl groups excluding tert-OH is 1. The molecule has 0 aromatic heterocycles. The molecule has 0 aliphatic heterocycles. The summed E-state index contributed by atoms with van der Waals surface area (Å²) in [4.78, 5) is 9.99. The molecule has 1 aromatic rings. The van der Waals surface area contributed by atoms with Crippen LogP contribution >= 0.6 is 22.6 Å². The molecule has 0 saturated carbocycles. The van der Waals surface area contributed by atoms with Crippen LogP contribution in [0.4, 0.5) is 5.69 Å². The predicted octanol–water partition coefficient (Wildman–Crippen LogP) is 1.56. The van der Waals surface area contributed by atoms with Crippen LogP contribution in [-0.4, -0.2) is 10.0 Å². The van der Waals surface area contributed by atoms with E-state index in [2.05, 4.69) is 0 Å². The van der Waals surface area contributed by atoms with Crippen LogP contribution < -0.4 is 0 Å². The summed E-state index contributed by atoms with van der Waals surface area (Å²) in [7, 11) is 0. The van der Waals surface area contributed by atoms with Crippen LogP contribution in [0.15, 0.2) is 12.1 Å². The Balaban J connectivity index is 3.44. The summed E-state index contributed by atoms with van der Waals surface area (Å²) in [5.74, 6) is 0. The zero-order valence-electron chi connectivity index (χ0n) is 6.90. The van der Waals surface area contributed by atoms with E-state index >= 15 is 0 Å². The fourth-order valence-corrected chi connectivity index (χ4v) is 1.85. The third kappa shape index (κ3) is 1.83. The van der Waals surface area contributed by atoms with E-state index in [0.29, 0.717) is 9.13 Å². The van der Waals surface area contributed by atoms with E-state index in [0.717, 1.165) is 0 Å². The first-order valence-corrected chi connectivity index (χ1v) is 4.66. The maximum atomic E-state index is 10.5. The van der Waals surface area contributed by atoms with E-state index in [9.17, 15) is 10.1 Å². The van der Waals surface area contributed by atoms with Crippen molar-refractivity contribution >= 4 is 28.3 Å². The van der Waals surface area contributed by atoms with Gasteiger partial charge in [0.15, 0.2) is 0 Å². The van der Waals surface area contributed by atoms with E-state index in [1.54, 1.807) is 22.6 Å². The predicted molar refractivity (Wildman–Crippen MR) is 56.5 cm³/mol. The Morgan fingerprint density at radius 3 is 2.71 bits per heavy atom. The van der Waals surface area contributed by atoms with Crippen LogP contribution in [0.1, 0.15) is 11.1 Å². The number of nitrogens with zero attached hydrogens (tertiary/aromatic N) is 2. The second-order valence-electron chi connectivity index (χ2n) is 2.45. The highest BCUT2D eigenvalue weighted by Gasteiger charge is 2.17. The van der Waals surface area contributed by atoms with Gasteiger partial charge in [0.2, 0.25) is 0 Å². The first-order chi connectivity index (χ1) is 6.61. The van der Waals surface area contributed by atoms with E-state index in [-0.39, 0.29) is 17.9 Å². The van der Waals surface area contributed by atoms with E-state index in [4.69, 9.17) is 10.4 Å². The lowest BCUT2D eigenvalue weighted by Gasteiger charge is -2.03. The summed E-state index contributed by atoms with van der Waals surface area (Å²) >= 11 is 1.75. The third-order valence-corrected chi connectivity index (χ3v) is 2.90. The van der Waals surface area contributed by atoms with Crippen molar-refractivity contribution in [3.8, 4) is 6.07 Å². The van der Waals surface area contributed by atoms with Gasteiger partial charge >= 0.3 is 0 Å². The number of halogens is 1. The molecule has 0 aliphatic rings. The van der Waals surface area contributed by atoms with Crippen molar-refractivity contribution < 1.29 is 10.0 Å². The molecule has 72 valence electrons. The number of aliphatic hydroxyl groups is 1. The molecule has 0 amide bonds. The summed E-state index contributed by atoms with van der Waals surface area (Å²) in [5, 5.41) is 28.2. The standard InChI is InChI=1S/C8H5IN2O3/c9-8-6(4-12)5(3-10)1-2-7(8)11(13)14/h1-2,12H,4H2. The molecular formula is C8H5IN2O3. The van der Waals surface area contributed by atoms with Crippen LogP contribution in [-0.2, 0) is 6.61 Å². The number of hydrogen-bond donors (Lipinski definition) is 1. The summed E-state index contributed by atoms with van der Waals surface area (Å²) < 4.78 is 0.314. The lowest BCUT2D eigenvalue weighted by atomic mass is 10.1. The average Bonchev–Trinajstić information content (AvgIpc) is 2.16. The van der Waals surface area contributed by atoms with Crippen molar-refractivity contribution in [2.75, 3.05) is 0 Å². The van der Waals surface area contributed by atoms with Gasteiger partial charge < -0.3 is 5.11 Å². The molecule has 0 bridgehead atoms. The maximum Gasteiger partial charge on any atom is 0.283 e. The lowest BCUT2D eigenvalue weighted by molar-refractivity contribution is -0.385. The van der Waals surface area contributed by atoms with Gasteiger partial charge in [0.25, 0.3) is 5.69 Å². The van der Waals surface area contributed by atoms with Gasteiger partial charge in [-0.25, -0.2) is 0 Å². The Morgan fingerprint density at radius 2 is 2.29 bits per heavy atom. The van der Waals surface area contributed by atoms with Crippen LogP contribution in [0.5, 0.6) is 0 Å². The fraction of sp³-hybridized carbons (Fsp3) is 0.125. The molecular weight excluding hydrogens is 299 g/mol. The quantitative estimate of drug-likeness (QED) is 0.510. The Labute approximate surface area is 93.3 Å². The topological polar surface area (TPSA) is 87.2 Å². The van der Waals surface area contributed by atoms with E-state index in [1.165, 1.54) is 12.1 Å². The van der Waals surface area contributed by atoms with Crippen molar-refractivity contribution in [3.63, 3.8) is 0 Å². The molecule has 0 atom stereocenters. The third-order valence-electron chi connectivity index (χ3n) is 1.70. The largest absolute Gasteiger partial charge is 0.392 e. The number of nitro groups is 1. The molecule has 0 aliphatic carbocycles. The molecule has 1 N–H and O–H groups in total. The monoisotopic (exact) mass is 304 g/mol. The second kappa shape index (κ2) is 4.34. The SMILES string of the molecule is N#Cc1ccc([N+](=O)[O-])c(I)c1CO. The fourth-order valence-electron chi connectivity index (χ4n) is 1.01. The minimum atomic E-state index is -0.540. The molecule has 1 aromatic carbocycles. The van der Waals surface area contributed by atoms with Gasteiger partial charge in [-0.1, -0.05) is 0 Å². The van der Waals surface area contributed by atoms with Crippen molar-refractivity contribution in [3.05, 3.63) is 36.9 Å². The highest BCUT2D eigenvalue weighted by atomic mass is 127. The second-order valence-corrected chi connectivity index (χ2v) is 3.53. The van der Waals surface area contributed by atoms with Crippen LogP contribution in [0.2, 0.25) is 0 Å². The smallest absolute Gasteiger partial charge is 0.283 e. The van der Waals surface area contributed by atoms with Gasteiger partial charge in [0.05, 0.1) is 26.7 Å². The number of benzene rings is 1. The zero-order valence-corrected chi connectivity index (χ0v) is 9.06. The summed E-state index contributed by atoms with van der Waals surface area (Å²) in [6, 6.07) is 4.47. The van der Waals surface area contributed by atoms with E-state index < -0.39 is 4.92 Å². The van der Waals surface area contributed by atoms with Crippen molar-refractivity contribution in [2.45, 2.75) is 6.61 Å². The minimum Gasteiger partial charge on any atom is -0.392 e. The first kappa shape index (κ1) is 10.9. The average molecular weight is 304 g/mol. The number of rotatable bonds is 2. The number of nitro benzene ring substituents is 1.